The number of carboxylic acid groups (broad SMARTS) is 1. The normalized spacial score (nSPS) is 12.6. The summed E-state index contributed by atoms with van der Waals surface area (Å²) in [5.41, 5.74) is 4.21. The molecule has 9 heteroatoms. The van der Waals surface area contributed by atoms with Crippen LogP contribution in [-0.4, -0.2) is 66.8 Å². The van der Waals surface area contributed by atoms with Crippen molar-refractivity contribution in [2.24, 2.45) is 0 Å². The van der Waals surface area contributed by atoms with Crippen LogP contribution in [0.3, 0.4) is 0 Å². The number of hydrogen-bond acceptors (Lipinski definition) is 6. The van der Waals surface area contributed by atoms with Gasteiger partial charge in [-0.25, -0.2) is 4.79 Å². The zero-order valence-corrected chi connectivity index (χ0v) is 19.4. The summed E-state index contributed by atoms with van der Waals surface area (Å²) in [6.07, 6.45) is -0.187. The van der Waals surface area contributed by atoms with Gasteiger partial charge in [0.2, 0.25) is 5.91 Å². The fourth-order valence-electron chi connectivity index (χ4n) is 4.02. The standard InChI is InChI=1S/C26H28N2O7/c1-3-14-34-24(31)12-13-28(2)25(32)22(15-23(29)30)27-26(33)35-16-21-19-10-6-4-8-17(19)18-9-5-7-11-20(18)21/h3-11,21-22H,1,12-16H2,2H3,(H,27,33)(H,29,30). The molecule has 9 nitrogen and oxygen atoms in total. The maximum absolute atomic E-state index is 12.8. The Hall–Kier alpha value is -4.14. The van der Waals surface area contributed by atoms with Gasteiger partial charge in [-0.15, -0.1) is 0 Å². The minimum Gasteiger partial charge on any atom is -0.481 e. The van der Waals surface area contributed by atoms with Gasteiger partial charge in [0.25, 0.3) is 0 Å². The number of aliphatic carboxylic acids is 1. The lowest BCUT2D eigenvalue weighted by Gasteiger charge is -2.23. The minimum absolute atomic E-state index is 0.00268. The molecule has 0 saturated carbocycles. The average Bonchev–Trinajstić information content (AvgIpc) is 3.17. The number of fused-ring (bicyclic) bond motifs is 3. The van der Waals surface area contributed by atoms with E-state index in [1.807, 2.05) is 48.5 Å². The number of alkyl carbamates (subject to hydrolysis) is 1. The number of amides is 2. The minimum atomic E-state index is -1.35. The van der Waals surface area contributed by atoms with E-state index < -0.39 is 36.4 Å². The van der Waals surface area contributed by atoms with Gasteiger partial charge in [-0.05, 0) is 22.3 Å². The molecule has 0 heterocycles. The molecule has 2 aromatic carbocycles. The molecule has 1 unspecified atom stereocenters. The van der Waals surface area contributed by atoms with Gasteiger partial charge >= 0.3 is 18.0 Å². The van der Waals surface area contributed by atoms with Gasteiger partial charge in [-0.2, -0.15) is 0 Å². The molecule has 2 N–H and O–H groups in total. The van der Waals surface area contributed by atoms with Crippen molar-refractivity contribution in [2.75, 3.05) is 26.8 Å². The molecule has 0 saturated heterocycles. The monoisotopic (exact) mass is 480 g/mol. The van der Waals surface area contributed by atoms with E-state index in [0.717, 1.165) is 22.3 Å². The molecule has 3 rings (SSSR count). The second-order valence-electron chi connectivity index (χ2n) is 8.10. The Morgan fingerprint density at radius 3 is 2.23 bits per heavy atom. The summed E-state index contributed by atoms with van der Waals surface area (Å²) >= 11 is 0. The predicted molar refractivity (Wildman–Crippen MR) is 128 cm³/mol. The third-order valence-electron chi connectivity index (χ3n) is 5.70. The second kappa shape index (κ2) is 11.8. The third kappa shape index (κ3) is 6.47. The Morgan fingerprint density at radius 1 is 1.06 bits per heavy atom. The summed E-state index contributed by atoms with van der Waals surface area (Å²) in [5, 5.41) is 11.6. The quantitative estimate of drug-likeness (QED) is 0.375. The summed E-state index contributed by atoms with van der Waals surface area (Å²) < 4.78 is 10.3. The van der Waals surface area contributed by atoms with Crippen LogP contribution in [0.25, 0.3) is 11.1 Å². The Balaban J connectivity index is 1.61. The van der Waals surface area contributed by atoms with E-state index in [-0.39, 0.29) is 32.1 Å². The first-order valence-electron chi connectivity index (χ1n) is 11.2. The summed E-state index contributed by atoms with van der Waals surface area (Å²) in [5.74, 6) is -2.62. The highest BCUT2D eigenvalue weighted by Gasteiger charge is 2.31. The van der Waals surface area contributed by atoms with Crippen LogP contribution in [0.5, 0.6) is 0 Å². The maximum atomic E-state index is 12.8. The van der Waals surface area contributed by atoms with Crippen molar-refractivity contribution >= 4 is 23.9 Å². The lowest BCUT2D eigenvalue weighted by Crippen LogP contribution is -2.49. The number of carbonyl (C=O) groups is 4. The molecular weight excluding hydrogens is 452 g/mol. The van der Waals surface area contributed by atoms with Crippen molar-refractivity contribution in [1.82, 2.24) is 10.2 Å². The highest BCUT2D eigenvalue weighted by molar-refractivity contribution is 5.89. The first kappa shape index (κ1) is 25.5. The van der Waals surface area contributed by atoms with Gasteiger partial charge in [-0.3, -0.25) is 14.4 Å². The number of rotatable bonds is 11. The van der Waals surface area contributed by atoms with Crippen LogP contribution in [-0.2, 0) is 23.9 Å². The second-order valence-corrected chi connectivity index (χ2v) is 8.10. The van der Waals surface area contributed by atoms with Crippen LogP contribution in [0.1, 0.15) is 29.9 Å². The lowest BCUT2D eigenvalue weighted by molar-refractivity contribution is -0.145. The largest absolute Gasteiger partial charge is 0.481 e. The van der Waals surface area contributed by atoms with E-state index in [0.29, 0.717) is 0 Å². The SMILES string of the molecule is C=CCOC(=O)CCN(C)C(=O)C(CC(=O)O)NC(=O)OCC1c2ccccc2-c2ccccc21. The molecule has 1 aliphatic rings. The third-order valence-corrected chi connectivity index (χ3v) is 5.70. The topological polar surface area (TPSA) is 122 Å². The first-order chi connectivity index (χ1) is 16.8. The van der Waals surface area contributed by atoms with E-state index >= 15 is 0 Å². The van der Waals surface area contributed by atoms with Crippen LogP contribution in [0, 0.1) is 0 Å². The van der Waals surface area contributed by atoms with Crippen molar-refractivity contribution in [2.45, 2.75) is 24.8 Å². The molecule has 35 heavy (non-hydrogen) atoms. The smallest absolute Gasteiger partial charge is 0.407 e. The van der Waals surface area contributed by atoms with Crippen molar-refractivity contribution in [3.8, 4) is 11.1 Å². The predicted octanol–water partition coefficient (Wildman–Crippen LogP) is 2.95. The first-order valence-corrected chi connectivity index (χ1v) is 11.2. The van der Waals surface area contributed by atoms with Gasteiger partial charge in [0.05, 0.1) is 12.8 Å². The van der Waals surface area contributed by atoms with Crippen LogP contribution < -0.4 is 5.32 Å². The van der Waals surface area contributed by atoms with Gasteiger partial charge in [0, 0.05) is 19.5 Å². The van der Waals surface area contributed by atoms with Crippen LogP contribution >= 0.6 is 0 Å². The molecule has 184 valence electrons. The number of hydrogen-bond donors (Lipinski definition) is 2. The van der Waals surface area contributed by atoms with E-state index in [1.54, 1.807) is 0 Å². The molecule has 0 radical (unpaired) electrons. The number of carbonyl (C=O) groups excluding carboxylic acids is 3. The van der Waals surface area contributed by atoms with Gasteiger partial charge in [0.15, 0.2) is 0 Å². The van der Waals surface area contributed by atoms with E-state index in [9.17, 15) is 24.3 Å². The Bertz CT molecular complexity index is 1070. The van der Waals surface area contributed by atoms with E-state index in [4.69, 9.17) is 9.47 Å². The molecule has 2 amide bonds. The molecule has 0 fully saturated rings. The van der Waals surface area contributed by atoms with E-state index in [1.165, 1.54) is 18.0 Å². The van der Waals surface area contributed by atoms with Crippen molar-refractivity contribution in [3.63, 3.8) is 0 Å². The molecular formula is C26H28N2O7. The molecule has 0 aliphatic heterocycles. The lowest BCUT2D eigenvalue weighted by atomic mass is 9.98. The zero-order valence-electron chi connectivity index (χ0n) is 19.4. The van der Waals surface area contributed by atoms with Crippen molar-refractivity contribution < 1.29 is 33.8 Å². The molecule has 1 atom stereocenters. The Kier molecular flexibility index (Phi) is 8.61. The summed E-state index contributed by atoms with van der Waals surface area (Å²) in [6, 6.07) is 14.4. The number of ether oxygens (including phenoxy) is 2. The summed E-state index contributed by atoms with van der Waals surface area (Å²) in [4.78, 5) is 49.4. The van der Waals surface area contributed by atoms with Gasteiger partial charge in [0.1, 0.15) is 19.3 Å². The van der Waals surface area contributed by atoms with Crippen molar-refractivity contribution in [1.29, 1.82) is 0 Å². The average molecular weight is 481 g/mol. The highest BCUT2D eigenvalue weighted by Crippen LogP contribution is 2.44. The number of nitrogens with one attached hydrogen (secondary N) is 1. The number of carboxylic acids is 1. The van der Waals surface area contributed by atoms with Crippen LogP contribution in [0.4, 0.5) is 4.79 Å². The zero-order chi connectivity index (χ0) is 25.4. The van der Waals surface area contributed by atoms with E-state index in [2.05, 4.69) is 11.9 Å². The number of benzene rings is 2. The Labute approximate surface area is 203 Å². The fourth-order valence-corrected chi connectivity index (χ4v) is 4.02. The maximum Gasteiger partial charge on any atom is 0.407 e. The fraction of sp³-hybridized carbons (Fsp3) is 0.308. The summed E-state index contributed by atoms with van der Waals surface area (Å²) in [7, 11) is 1.41. The van der Waals surface area contributed by atoms with Gasteiger partial charge < -0.3 is 24.8 Å². The molecule has 1 aliphatic carbocycles. The Morgan fingerprint density at radius 2 is 1.66 bits per heavy atom. The van der Waals surface area contributed by atoms with Gasteiger partial charge in [-0.1, -0.05) is 61.2 Å². The summed E-state index contributed by atoms with van der Waals surface area (Å²) in [6.45, 7) is 3.53. The molecule has 2 aromatic rings. The van der Waals surface area contributed by atoms with Crippen LogP contribution in [0.15, 0.2) is 61.2 Å². The molecule has 0 spiro atoms. The highest BCUT2D eigenvalue weighted by atomic mass is 16.5. The van der Waals surface area contributed by atoms with Crippen molar-refractivity contribution in [3.05, 3.63) is 72.3 Å². The number of likely N-dealkylation sites (N-methyl/N-ethyl adjacent to an activating group) is 1. The molecule has 0 aromatic heterocycles. The number of nitrogens with zero attached hydrogens (tertiary/aromatic N) is 1. The number of esters is 1. The van der Waals surface area contributed by atoms with Crippen LogP contribution in [0.2, 0.25) is 0 Å². The molecule has 0 bridgehead atoms.